The van der Waals surface area contributed by atoms with E-state index in [9.17, 15) is 4.79 Å². The first-order valence-electron chi connectivity index (χ1n) is 5.04. The lowest BCUT2D eigenvalue weighted by Crippen LogP contribution is -2.31. The van der Waals surface area contributed by atoms with Gasteiger partial charge >= 0.3 is 5.97 Å². The maximum Gasteiger partial charge on any atom is 0.320 e. The number of rotatable bonds is 6. The number of hydrogen-bond donors (Lipinski definition) is 1. The Labute approximate surface area is 103 Å². The van der Waals surface area contributed by atoms with Crippen LogP contribution in [0, 0.1) is 0 Å². The maximum atomic E-state index is 11.1. The molecule has 5 nitrogen and oxygen atoms in total. The Morgan fingerprint density at radius 2 is 2.50 bits per heavy atom. The number of methoxy groups -OCH3 is 1. The van der Waals surface area contributed by atoms with Gasteiger partial charge in [-0.05, 0) is 6.07 Å². The Hall–Kier alpha value is -0.880. The van der Waals surface area contributed by atoms with E-state index in [1.165, 1.54) is 7.11 Å². The highest BCUT2D eigenvalue weighted by Crippen LogP contribution is 2.00. The smallest absolute Gasteiger partial charge is 0.320 e. The normalized spacial score (nSPS) is 12.4. The van der Waals surface area contributed by atoms with Gasteiger partial charge in [0.1, 0.15) is 4.83 Å². The number of ether oxygens (including phenoxy) is 1. The fourth-order valence-corrected chi connectivity index (χ4v) is 1.67. The SMILES string of the molecule is COC(=O)C(Br)CNCCc1ccn(C)n1. The lowest BCUT2D eigenvalue weighted by atomic mass is 10.3. The first-order chi connectivity index (χ1) is 7.63. The minimum atomic E-state index is -0.291. The van der Waals surface area contributed by atoms with Crippen LogP contribution in [0.25, 0.3) is 0 Å². The van der Waals surface area contributed by atoms with Crippen molar-refractivity contribution in [2.45, 2.75) is 11.2 Å². The van der Waals surface area contributed by atoms with Gasteiger partial charge in [0, 0.05) is 32.8 Å². The van der Waals surface area contributed by atoms with Gasteiger partial charge in [-0.1, -0.05) is 15.9 Å². The Balaban J connectivity index is 2.14. The van der Waals surface area contributed by atoms with Crippen LogP contribution in [0.4, 0.5) is 0 Å². The largest absolute Gasteiger partial charge is 0.468 e. The lowest BCUT2D eigenvalue weighted by Gasteiger charge is -2.08. The summed E-state index contributed by atoms with van der Waals surface area (Å²) in [4.78, 5) is 10.8. The van der Waals surface area contributed by atoms with Crippen LogP contribution < -0.4 is 5.32 Å². The molecule has 0 radical (unpaired) electrons. The molecule has 0 aliphatic carbocycles. The predicted octanol–water partition coefficient (Wildman–Crippen LogP) is 0.489. The Morgan fingerprint density at radius 3 is 3.06 bits per heavy atom. The third-order valence-corrected chi connectivity index (χ3v) is 2.80. The van der Waals surface area contributed by atoms with Crippen LogP contribution >= 0.6 is 15.9 Å². The number of aromatic nitrogens is 2. The monoisotopic (exact) mass is 289 g/mol. The molecule has 1 aromatic heterocycles. The molecule has 1 unspecified atom stereocenters. The number of nitrogens with one attached hydrogen (secondary N) is 1. The summed E-state index contributed by atoms with van der Waals surface area (Å²) in [5, 5.41) is 7.41. The van der Waals surface area contributed by atoms with E-state index >= 15 is 0 Å². The number of aryl methyl sites for hydroxylation is 1. The number of alkyl halides is 1. The first kappa shape index (κ1) is 13.2. The molecule has 0 amide bonds. The summed E-state index contributed by atoms with van der Waals surface area (Å²) in [5.74, 6) is -0.259. The molecule has 1 rings (SSSR count). The van der Waals surface area contributed by atoms with Gasteiger partial charge in [-0.3, -0.25) is 9.48 Å². The summed E-state index contributed by atoms with van der Waals surface area (Å²) in [6.45, 7) is 1.34. The zero-order valence-electron chi connectivity index (χ0n) is 9.44. The molecule has 16 heavy (non-hydrogen) atoms. The van der Waals surface area contributed by atoms with Gasteiger partial charge < -0.3 is 10.1 Å². The highest BCUT2D eigenvalue weighted by Gasteiger charge is 2.13. The molecule has 1 N–H and O–H groups in total. The minimum Gasteiger partial charge on any atom is -0.468 e. The molecule has 0 fully saturated rings. The number of halogens is 1. The number of hydrogen-bond acceptors (Lipinski definition) is 4. The molecule has 0 aliphatic heterocycles. The standard InChI is InChI=1S/C10H16BrN3O2/c1-14-6-4-8(13-14)3-5-12-7-9(11)10(15)16-2/h4,6,9,12H,3,5,7H2,1-2H3. The van der Waals surface area contributed by atoms with E-state index in [2.05, 4.69) is 31.1 Å². The fraction of sp³-hybridized carbons (Fsp3) is 0.600. The van der Waals surface area contributed by atoms with Crippen molar-refractivity contribution in [3.05, 3.63) is 18.0 Å². The minimum absolute atomic E-state index is 0.259. The molecule has 0 aliphatic rings. The van der Waals surface area contributed by atoms with Crippen molar-refractivity contribution in [2.75, 3.05) is 20.2 Å². The summed E-state index contributed by atoms with van der Waals surface area (Å²) in [7, 11) is 3.27. The molecule has 0 aromatic carbocycles. The molecule has 6 heteroatoms. The number of esters is 1. The molecular formula is C10H16BrN3O2. The summed E-state index contributed by atoms with van der Waals surface area (Å²) in [6, 6.07) is 1.98. The second-order valence-corrected chi connectivity index (χ2v) is 4.53. The van der Waals surface area contributed by atoms with Crippen molar-refractivity contribution >= 4 is 21.9 Å². The molecule has 1 atom stereocenters. The van der Waals surface area contributed by atoms with Crippen molar-refractivity contribution in [3.63, 3.8) is 0 Å². The van der Waals surface area contributed by atoms with E-state index in [1.807, 2.05) is 19.3 Å². The van der Waals surface area contributed by atoms with Crippen LogP contribution in [0.5, 0.6) is 0 Å². The maximum absolute atomic E-state index is 11.1. The molecule has 1 aromatic rings. The van der Waals surface area contributed by atoms with Crippen LogP contribution in [0.1, 0.15) is 5.69 Å². The Morgan fingerprint density at radius 1 is 1.75 bits per heavy atom. The highest BCUT2D eigenvalue weighted by molar-refractivity contribution is 9.10. The van der Waals surface area contributed by atoms with Crippen molar-refractivity contribution < 1.29 is 9.53 Å². The first-order valence-corrected chi connectivity index (χ1v) is 5.96. The van der Waals surface area contributed by atoms with E-state index < -0.39 is 0 Å². The topological polar surface area (TPSA) is 56.1 Å². The molecule has 0 bridgehead atoms. The molecule has 0 saturated carbocycles. The molecule has 1 heterocycles. The van der Waals surface area contributed by atoms with Gasteiger partial charge in [0.15, 0.2) is 0 Å². The van der Waals surface area contributed by atoms with E-state index in [1.54, 1.807) is 4.68 Å². The van der Waals surface area contributed by atoms with Gasteiger partial charge in [-0.25, -0.2) is 0 Å². The van der Waals surface area contributed by atoms with Crippen LogP contribution in [0.2, 0.25) is 0 Å². The molecule has 0 spiro atoms. The van der Waals surface area contributed by atoms with Crippen molar-refractivity contribution in [1.82, 2.24) is 15.1 Å². The highest BCUT2D eigenvalue weighted by atomic mass is 79.9. The summed E-state index contributed by atoms with van der Waals surface area (Å²) >= 11 is 3.24. The second-order valence-electron chi connectivity index (χ2n) is 3.43. The van der Waals surface area contributed by atoms with E-state index in [0.29, 0.717) is 6.54 Å². The number of carbonyl (C=O) groups excluding carboxylic acids is 1. The number of carbonyl (C=O) groups is 1. The second kappa shape index (κ2) is 6.65. The predicted molar refractivity (Wildman–Crippen MR) is 64.5 cm³/mol. The Bertz CT molecular complexity index is 341. The van der Waals surface area contributed by atoms with Crippen LogP contribution in [0.3, 0.4) is 0 Å². The molecule has 90 valence electrons. The average molecular weight is 290 g/mol. The zero-order valence-corrected chi connectivity index (χ0v) is 11.0. The zero-order chi connectivity index (χ0) is 12.0. The van der Waals surface area contributed by atoms with Crippen molar-refractivity contribution in [3.8, 4) is 0 Å². The van der Waals surface area contributed by atoms with Gasteiger partial charge in [-0.2, -0.15) is 5.10 Å². The van der Waals surface area contributed by atoms with Gasteiger partial charge in [0.05, 0.1) is 12.8 Å². The third kappa shape index (κ3) is 4.32. The van der Waals surface area contributed by atoms with Crippen molar-refractivity contribution in [1.29, 1.82) is 0 Å². The van der Waals surface area contributed by atoms with Crippen LogP contribution in [-0.4, -0.2) is 40.8 Å². The fourth-order valence-electron chi connectivity index (χ4n) is 1.25. The summed E-state index contributed by atoms with van der Waals surface area (Å²) < 4.78 is 6.36. The third-order valence-electron chi connectivity index (χ3n) is 2.11. The van der Waals surface area contributed by atoms with Gasteiger partial charge in [0.2, 0.25) is 0 Å². The van der Waals surface area contributed by atoms with Crippen LogP contribution in [-0.2, 0) is 23.0 Å². The van der Waals surface area contributed by atoms with Crippen molar-refractivity contribution in [2.24, 2.45) is 7.05 Å². The summed E-state index contributed by atoms with van der Waals surface area (Å²) in [5.41, 5.74) is 1.04. The summed E-state index contributed by atoms with van der Waals surface area (Å²) in [6.07, 6.45) is 2.76. The van der Waals surface area contributed by atoms with Crippen LogP contribution in [0.15, 0.2) is 12.3 Å². The molecule has 0 saturated heterocycles. The number of nitrogens with zero attached hydrogens (tertiary/aromatic N) is 2. The lowest BCUT2D eigenvalue weighted by molar-refractivity contribution is -0.139. The van der Waals surface area contributed by atoms with Gasteiger partial charge in [-0.15, -0.1) is 0 Å². The van der Waals surface area contributed by atoms with Gasteiger partial charge in [0.25, 0.3) is 0 Å². The van der Waals surface area contributed by atoms with E-state index in [-0.39, 0.29) is 10.8 Å². The van der Waals surface area contributed by atoms with E-state index in [0.717, 1.165) is 18.7 Å². The molecular weight excluding hydrogens is 274 g/mol. The Kier molecular flexibility index (Phi) is 5.48. The average Bonchev–Trinajstić information content (AvgIpc) is 2.69. The van der Waals surface area contributed by atoms with E-state index in [4.69, 9.17) is 0 Å². The quantitative estimate of drug-likeness (QED) is 0.470.